The van der Waals surface area contributed by atoms with E-state index in [1.54, 1.807) is 0 Å². The van der Waals surface area contributed by atoms with Crippen LogP contribution in [-0.4, -0.2) is 11.6 Å². The SMILES string of the molecule is CC1=CC(C)(C)Nc2cc(OC(C)C)ccc21. The minimum absolute atomic E-state index is 0.00748. The number of hydrogen-bond acceptors (Lipinski definition) is 2. The van der Waals surface area contributed by atoms with Crippen LogP contribution >= 0.6 is 0 Å². The molecule has 0 amide bonds. The summed E-state index contributed by atoms with van der Waals surface area (Å²) in [5, 5.41) is 3.52. The third-order valence-corrected chi connectivity index (χ3v) is 2.82. The highest BCUT2D eigenvalue weighted by Gasteiger charge is 2.22. The van der Waals surface area contributed by atoms with Crippen LogP contribution in [0.4, 0.5) is 5.69 Å². The smallest absolute Gasteiger partial charge is 0.121 e. The number of allylic oxidation sites excluding steroid dienone is 1. The predicted molar refractivity (Wildman–Crippen MR) is 73.6 cm³/mol. The topological polar surface area (TPSA) is 21.3 Å². The molecule has 1 N–H and O–H groups in total. The van der Waals surface area contributed by atoms with Crippen LogP contribution in [-0.2, 0) is 0 Å². The molecule has 0 aromatic heterocycles. The molecule has 0 bridgehead atoms. The Bertz CT molecular complexity index is 458. The van der Waals surface area contributed by atoms with Gasteiger partial charge in [-0.3, -0.25) is 0 Å². The molecule has 2 nitrogen and oxygen atoms in total. The summed E-state index contributed by atoms with van der Waals surface area (Å²) < 4.78 is 5.72. The van der Waals surface area contributed by atoms with E-state index in [0.717, 1.165) is 11.4 Å². The highest BCUT2D eigenvalue weighted by molar-refractivity contribution is 5.80. The standard InChI is InChI=1S/C15H21NO/c1-10(2)17-12-6-7-13-11(3)9-15(4,5)16-14(13)8-12/h6-10,16H,1-5H3. The minimum Gasteiger partial charge on any atom is -0.491 e. The predicted octanol–water partition coefficient (Wildman–Crippen LogP) is 4.08. The fourth-order valence-corrected chi connectivity index (χ4v) is 2.32. The lowest BCUT2D eigenvalue weighted by atomic mass is 9.91. The third-order valence-electron chi connectivity index (χ3n) is 2.82. The monoisotopic (exact) mass is 231 g/mol. The Balaban J connectivity index is 2.37. The average Bonchev–Trinajstić information content (AvgIpc) is 2.13. The van der Waals surface area contributed by atoms with Crippen LogP contribution in [0.5, 0.6) is 5.75 Å². The van der Waals surface area contributed by atoms with E-state index in [0.29, 0.717) is 0 Å². The van der Waals surface area contributed by atoms with Gasteiger partial charge in [-0.05, 0) is 52.3 Å². The molecule has 2 heteroatoms. The fourth-order valence-electron chi connectivity index (χ4n) is 2.32. The summed E-state index contributed by atoms with van der Waals surface area (Å²) >= 11 is 0. The zero-order chi connectivity index (χ0) is 12.6. The molecule has 0 fully saturated rings. The van der Waals surface area contributed by atoms with Gasteiger partial charge in [0.25, 0.3) is 0 Å². The van der Waals surface area contributed by atoms with Gasteiger partial charge in [-0.2, -0.15) is 0 Å². The largest absolute Gasteiger partial charge is 0.491 e. The Morgan fingerprint density at radius 2 is 1.94 bits per heavy atom. The van der Waals surface area contributed by atoms with Crippen molar-refractivity contribution in [3.8, 4) is 5.75 Å². The zero-order valence-electron chi connectivity index (χ0n) is 11.3. The maximum absolute atomic E-state index is 5.72. The van der Waals surface area contributed by atoms with Crippen molar-refractivity contribution in [1.82, 2.24) is 0 Å². The molecule has 0 saturated heterocycles. The van der Waals surface area contributed by atoms with Crippen LogP contribution in [0.3, 0.4) is 0 Å². The first-order valence-corrected chi connectivity index (χ1v) is 6.16. The van der Waals surface area contributed by atoms with E-state index >= 15 is 0 Å². The van der Waals surface area contributed by atoms with Gasteiger partial charge in [0, 0.05) is 17.3 Å². The number of benzene rings is 1. The van der Waals surface area contributed by atoms with Crippen LogP contribution in [0.25, 0.3) is 5.57 Å². The van der Waals surface area contributed by atoms with Gasteiger partial charge in [-0.1, -0.05) is 6.08 Å². The lowest BCUT2D eigenvalue weighted by Crippen LogP contribution is -2.31. The molecule has 17 heavy (non-hydrogen) atoms. The Labute approximate surface area is 104 Å². The van der Waals surface area contributed by atoms with Crippen LogP contribution in [0.15, 0.2) is 24.3 Å². The van der Waals surface area contributed by atoms with Crippen LogP contribution < -0.4 is 10.1 Å². The second-order valence-electron chi connectivity index (χ2n) is 5.55. The Morgan fingerprint density at radius 1 is 1.24 bits per heavy atom. The highest BCUT2D eigenvalue weighted by atomic mass is 16.5. The maximum Gasteiger partial charge on any atom is 0.121 e. The van der Waals surface area contributed by atoms with Crippen molar-refractivity contribution in [3.05, 3.63) is 29.8 Å². The van der Waals surface area contributed by atoms with Gasteiger partial charge in [0.1, 0.15) is 5.75 Å². The van der Waals surface area contributed by atoms with Crippen molar-refractivity contribution in [2.75, 3.05) is 5.32 Å². The summed E-state index contributed by atoms with van der Waals surface area (Å²) in [7, 11) is 0. The van der Waals surface area contributed by atoms with Crippen molar-refractivity contribution in [2.24, 2.45) is 0 Å². The van der Waals surface area contributed by atoms with Crippen LogP contribution in [0, 0.1) is 0 Å². The summed E-state index contributed by atoms with van der Waals surface area (Å²) in [5.41, 5.74) is 3.75. The summed E-state index contributed by atoms with van der Waals surface area (Å²) in [6.07, 6.45) is 2.47. The molecular formula is C15H21NO. The molecule has 1 aliphatic rings. The molecule has 1 aliphatic heterocycles. The molecule has 0 spiro atoms. The van der Waals surface area contributed by atoms with Gasteiger partial charge in [-0.15, -0.1) is 0 Å². The lowest BCUT2D eigenvalue weighted by Gasteiger charge is -2.31. The first-order chi connectivity index (χ1) is 7.87. The normalized spacial score (nSPS) is 17.2. The number of fused-ring (bicyclic) bond motifs is 1. The Hall–Kier alpha value is -1.44. The molecular weight excluding hydrogens is 210 g/mol. The van der Waals surface area contributed by atoms with Crippen LogP contribution in [0.1, 0.15) is 40.2 Å². The van der Waals surface area contributed by atoms with E-state index in [2.05, 4.69) is 44.3 Å². The van der Waals surface area contributed by atoms with E-state index in [9.17, 15) is 0 Å². The number of ether oxygens (including phenoxy) is 1. The molecule has 0 atom stereocenters. The van der Waals surface area contributed by atoms with Crippen molar-refractivity contribution < 1.29 is 4.74 Å². The molecule has 2 rings (SSSR count). The van der Waals surface area contributed by atoms with E-state index in [-0.39, 0.29) is 11.6 Å². The van der Waals surface area contributed by atoms with Crippen molar-refractivity contribution in [1.29, 1.82) is 0 Å². The van der Waals surface area contributed by atoms with Crippen molar-refractivity contribution in [2.45, 2.75) is 46.3 Å². The maximum atomic E-state index is 5.72. The number of nitrogens with one attached hydrogen (secondary N) is 1. The third kappa shape index (κ3) is 2.63. The number of hydrogen-bond donors (Lipinski definition) is 1. The van der Waals surface area contributed by atoms with Crippen molar-refractivity contribution >= 4 is 11.3 Å². The van der Waals surface area contributed by atoms with Gasteiger partial charge in [0.05, 0.1) is 11.6 Å². The Kier molecular flexibility index (Phi) is 2.90. The van der Waals surface area contributed by atoms with Crippen LogP contribution in [0.2, 0.25) is 0 Å². The quantitative estimate of drug-likeness (QED) is 0.828. The molecule has 0 saturated carbocycles. The number of anilines is 1. The summed E-state index contributed by atoms with van der Waals surface area (Å²) in [6.45, 7) is 10.6. The second kappa shape index (κ2) is 4.10. The summed E-state index contributed by atoms with van der Waals surface area (Å²) in [6, 6.07) is 6.25. The Morgan fingerprint density at radius 3 is 2.59 bits per heavy atom. The first kappa shape index (κ1) is 12.0. The van der Waals surface area contributed by atoms with Crippen molar-refractivity contribution in [3.63, 3.8) is 0 Å². The van der Waals surface area contributed by atoms with Gasteiger partial charge >= 0.3 is 0 Å². The van der Waals surface area contributed by atoms with Gasteiger partial charge < -0.3 is 10.1 Å². The fraction of sp³-hybridized carbons (Fsp3) is 0.467. The highest BCUT2D eigenvalue weighted by Crippen LogP contribution is 2.35. The average molecular weight is 231 g/mol. The molecule has 92 valence electrons. The molecule has 0 unspecified atom stereocenters. The zero-order valence-corrected chi connectivity index (χ0v) is 11.3. The van der Waals surface area contributed by atoms with E-state index < -0.39 is 0 Å². The van der Waals surface area contributed by atoms with Gasteiger partial charge in [-0.25, -0.2) is 0 Å². The molecule has 0 aliphatic carbocycles. The van der Waals surface area contributed by atoms with Gasteiger partial charge in [0.2, 0.25) is 0 Å². The van der Waals surface area contributed by atoms with E-state index in [1.807, 2.05) is 19.9 Å². The van der Waals surface area contributed by atoms with E-state index in [4.69, 9.17) is 4.74 Å². The lowest BCUT2D eigenvalue weighted by molar-refractivity contribution is 0.242. The minimum atomic E-state index is 0.00748. The summed E-state index contributed by atoms with van der Waals surface area (Å²) in [4.78, 5) is 0. The summed E-state index contributed by atoms with van der Waals surface area (Å²) in [5.74, 6) is 0.928. The molecule has 1 heterocycles. The first-order valence-electron chi connectivity index (χ1n) is 6.16. The molecule has 1 aromatic rings. The number of rotatable bonds is 2. The van der Waals surface area contributed by atoms with E-state index in [1.165, 1.54) is 11.1 Å². The molecule has 1 aromatic carbocycles. The second-order valence-corrected chi connectivity index (χ2v) is 5.55. The van der Waals surface area contributed by atoms with Gasteiger partial charge in [0.15, 0.2) is 0 Å². The molecule has 0 radical (unpaired) electrons.